The Kier molecular flexibility index (Phi) is 2.91. The molecule has 2 aromatic rings. The third-order valence-electron chi connectivity index (χ3n) is 3.06. The summed E-state index contributed by atoms with van der Waals surface area (Å²) in [5.74, 6) is 0.476. The summed E-state index contributed by atoms with van der Waals surface area (Å²) in [5, 5.41) is 9.89. The van der Waals surface area contributed by atoms with Crippen LogP contribution in [0.3, 0.4) is 0 Å². The van der Waals surface area contributed by atoms with Crippen LogP contribution in [0.25, 0.3) is 6.08 Å². The van der Waals surface area contributed by atoms with E-state index < -0.39 is 0 Å². The molecule has 0 saturated heterocycles. The average Bonchev–Trinajstić information content (AvgIpc) is 2.76. The molecule has 2 aromatic carbocycles. The molecule has 0 saturated carbocycles. The van der Waals surface area contributed by atoms with Crippen LogP contribution in [0.2, 0.25) is 0 Å². The first kappa shape index (κ1) is 12.3. The average molecular weight is 268 g/mol. The van der Waals surface area contributed by atoms with E-state index in [9.17, 15) is 9.90 Å². The van der Waals surface area contributed by atoms with Gasteiger partial charge in [0.2, 0.25) is 5.78 Å². The standard InChI is InChI=1S/C16H12O4/c1-19-11-8-12(17)15-13(9-11)20-14(16(15)18)7-10-5-3-2-4-6-10/h2-9,17H,1H3. The number of rotatable bonds is 2. The van der Waals surface area contributed by atoms with Crippen LogP contribution in [0.4, 0.5) is 0 Å². The highest BCUT2D eigenvalue weighted by Gasteiger charge is 2.31. The zero-order valence-electron chi connectivity index (χ0n) is 10.8. The molecule has 0 fully saturated rings. The molecule has 100 valence electrons. The van der Waals surface area contributed by atoms with Gasteiger partial charge in [0.05, 0.1) is 7.11 Å². The van der Waals surface area contributed by atoms with E-state index in [1.54, 1.807) is 12.1 Å². The van der Waals surface area contributed by atoms with Gasteiger partial charge in [0.15, 0.2) is 5.76 Å². The van der Waals surface area contributed by atoms with Crippen molar-refractivity contribution in [2.45, 2.75) is 0 Å². The van der Waals surface area contributed by atoms with E-state index in [1.165, 1.54) is 13.2 Å². The fourth-order valence-electron chi connectivity index (χ4n) is 2.09. The van der Waals surface area contributed by atoms with E-state index in [2.05, 4.69) is 0 Å². The molecule has 0 bridgehead atoms. The summed E-state index contributed by atoms with van der Waals surface area (Å²) in [7, 11) is 1.48. The van der Waals surface area contributed by atoms with Crippen molar-refractivity contribution >= 4 is 11.9 Å². The summed E-state index contributed by atoms with van der Waals surface area (Å²) >= 11 is 0. The predicted molar refractivity (Wildman–Crippen MR) is 74.0 cm³/mol. The number of fused-ring (bicyclic) bond motifs is 1. The van der Waals surface area contributed by atoms with Crippen molar-refractivity contribution in [2.75, 3.05) is 7.11 Å². The summed E-state index contributed by atoms with van der Waals surface area (Å²) in [4.78, 5) is 12.2. The van der Waals surface area contributed by atoms with Crippen molar-refractivity contribution in [3.05, 3.63) is 59.4 Å². The van der Waals surface area contributed by atoms with E-state index >= 15 is 0 Å². The molecule has 4 heteroatoms. The van der Waals surface area contributed by atoms with Crippen molar-refractivity contribution in [3.8, 4) is 17.2 Å². The Morgan fingerprint density at radius 2 is 1.95 bits per heavy atom. The van der Waals surface area contributed by atoms with Crippen LogP contribution in [0.5, 0.6) is 17.2 Å². The molecule has 0 atom stereocenters. The lowest BCUT2D eigenvalue weighted by molar-refractivity contribution is 0.101. The van der Waals surface area contributed by atoms with Crippen LogP contribution in [0.15, 0.2) is 48.2 Å². The zero-order valence-corrected chi connectivity index (χ0v) is 10.8. The molecule has 1 heterocycles. The molecule has 20 heavy (non-hydrogen) atoms. The Morgan fingerprint density at radius 1 is 1.20 bits per heavy atom. The van der Waals surface area contributed by atoms with Gasteiger partial charge in [-0.05, 0) is 11.6 Å². The molecule has 0 unspecified atom stereocenters. The van der Waals surface area contributed by atoms with Gasteiger partial charge in [0.25, 0.3) is 0 Å². The number of carbonyl (C=O) groups is 1. The molecule has 0 aromatic heterocycles. The lowest BCUT2D eigenvalue weighted by atomic mass is 10.1. The van der Waals surface area contributed by atoms with E-state index in [0.29, 0.717) is 11.5 Å². The lowest BCUT2D eigenvalue weighted by Gasteiger charge is -2.03. The monoisotopic (exact) mass is 268 g/mol. The first-order valence-corrected chi connectivity index (χ1v) is 6.09. The van der Waals surface area contributed by atoms with E-state index in [0.717, 1.165) is 5.56 Å². The number of benzene rings is 2. The third-order valence-corrected chi connectivity index (χ3v) is 3.06. The molecule has 4 nitrogen and oxygen atoms in total. The van der Waals surface area contributed by atoms with Crippen LogP contribution in [-0.4, -0.2) is 18.0 Å². The number of phenols is 1. The van der Waals surface area contributed by atoms with Crippen LogP contribution in [0.1, 0.15) is 15.9 Å². The first-order valence-electron chi connectivity index (χ1n) is 6.09. The fraction of sp³-hybridized carbons (Fsp3) is 0.0625. The molecule has 1 aliphatic heterocycles. The Hall–Kier alpha value is -2.75. The summed E-state index contributed by atoms with van der Waals surface area (Å²) in [6.07, 6.45) is 1.65. The Labute approximate surface area is 115 Å². The number of aromatic hydroxyl groups is 1. The zero-order chi connectivity index (χ0) is 14.1. The Bertz CT molecular complexity index is 702. The van der Waals surface area contributed by atoms with Gasteiger partial charge in [-0.1, -0.05) is 30.3 Å². The van der Waals surface area contributed by atoms with Gasteiger partial charge in [-0.15, -0.1) is 0 Å². The summed E-state index contributed by atoms with van der Waals surface area (Å²) in [5.41, 5.74) is 1.03. The van der Waals surface area contributed by atoms with Gasteiger partial charge in [-0.25, -0.2) is 0 Å². The number of Topliss-reactive ketones (excluding diaryl/α,β-unsaturated/α-hetero) is 1. The number of carbonyl (C=O) groups excluding carboxylic acids is 1. The molecule has 0 aliphatic carbocycles. The minimum Gasteiger partial charge on any atom is -0.507 e. The summed E-state index contributed by atoms with van der Waals surface area (Å²) < 4.78 is 10.6. The Balaban J connectivity index is 2.03. The number of ether oxygens (including phenoxy) is 2. The smallest absolute Gasteiger partial charge is 0.235 e. The van der Waals surface area contributed by atoms with E-state index in [4.69, 9.17) is 9.47 Å². The van der Waals surface area contributed by atoms with Crippen LogP contribution in [-0.2, 0) is 0 Å². The lowest BCUT2D eigenvalue weighted by Crippen LogP contribution is -1.98. The normalized spacial score (nSPS) is 15.1. The minimum absolute atomic E-state index is 0.138. The van der Waals surface area contributed by atoms with Gasteiger partial charge in [0.1, 0.15) is 22.8 Å². The Morgan fingerprint density at radius 3 is 2.65 bits per heavy atom. The molecule has 1 aliphatic rings. The fourth-order valence-corrected chi connectivity index (χ4v) is 2.09. The van der Waals surface area contributed by atoms with Gasteiger partial charge >= 0.3 is 0 Å². The number of ketones is 1. The van der Waals surface area contributed by atoms with Crippen LogP contribution >= 0.6 is 0 Å². The molecule has 0 amide bonds. The third kappa shape index (κ3) is 2.01. The highest BCUT2D eigenvalue weighted by molar-refractivity contribution is 6.16. The number of methoxy groups -OCH3 is 1. The molecular weight excluding hydrogens is 256 g/mol. The van der Waals surface area contributed by atoms with Crippen molar-refractivity contribution in [2.24, 2.45) is 0 Å². The molecule has 1 N–H and O–H groups in total. The molecule has 0 spiro atoms. The number of hydrogen-bond donors (Lipinski definition) is 1. The quantitative estimate of drug-likeness (QED) is 0.851. The maximum atomic E-state index is 12.2. The number of phenolic OH excluding ortho intramolecular Hbond substituents is 1. The summed E-state index contributed by atoms with van der Waals surface area (Å²) in [6.45, 7) is 0. The van der Waals surface area contributed by atoms with Gasteiger partial charge in [0, 0.05) is 12.1 Å². The molecular formula is C16H12O4. The second kappa shape index (κ2) is 4.74. The van der Waals surface area contributed by atoms with Crippen molar-refractivity contribution < 1.29 is 19.4 Å². The maximum absolute atomic E-state index is 12.2. The SMILES string of the molecule is COc1cc(O)c2c(c1)OC(=Cc1ccccc1)C2=O. The number of allylic oxidation sites excluding steroid dienone is 1. The van der Waals surface area contributed by atoms with Crippen molar-refractivity contribution in [1.82, 2.24) is 0 Å². The van der Waals surface area contributed by atoms with Gasteiger partial charge in [-0.3, -0.25) is 4.79 Å². The largest absolute Gasteiger partial charge is 0.507 e. The highest BCUT2D eigenvalue weighted by atomic mass is 16.5. The minimum atomic E-state index is -0.330. The first-order chi connectivity index (χ1) is 9.69. The highest BCUT2D eigenvalue weighted by Crippen LogP contribution is 2.40. The van der Waals surface area contributed by atoms with Crippen LogP contribution in [0, 0.1) is 0 Å². The predicted octanol–water partition coefficient (Wildman–Crippen LogP) is 3.02. The summed E-state index contributed by atoms with van der Waals surface area (Å²) in [6, 6.07) is 12.4. The van der Waals surface area contributed by atoms with Gasteiger partial charge < -0.3 is 14.6 Å². The topological polar surface area (TPSA) is 55.8 Å². The second-order valence-corrected chi connectivity index (χ2v) is 4.37. The number of hydrogen-bond acceptors (Lipinski definition) is 4. The molecule has 0 radical (unpaired) electrons. The van der Waals surface area contributed by atoms with Crippen LogP contribution < -0.4 is 9.47 Å². The van der Waals surface area contributed by atoms with Crippen molar-refractivity contribution in [1.29, 1.82) is 0 Å². The second-order valence-electron chi connectivity index (χ2n) is 4.37. The van der Waals surface area contributed by atoms with Gasteiger partial charge in [-0.2, -0.15) is 0 Å². The van der Waals surface area contributed by atoms with Crippen molar-refractivity contribution in [3.63, 3.8) is 0 Å². The molecule has 3 rings (SSSR count). The maximum Gasteiger partial charge on any atom is 0.235 e. The van der Waals surface area contributed by atoms with E-state index in [1.807, 2.05) is 30.3 Å². The van der Waals surface area contributed by atoms with E-state index in [-0.39, 0.29) is 22.9 Å².